The molecule has 1 unspecified atom stereocenters. The van der Waals surface area contributed by atoms with Gasteiger partial charge in [-0.25, -0.2) is 9.59 Å². The van der Waals surface area contributed by atoms with Crippen molar-refractivity contribution >= 4 is 20.0 Å². The minimum absolute atomic E-state index is 0.125. The van der Waals surface area contributed by atoms with Gasteiger partial charge in [-0.2, -0.15) is 0 Å². The molecule has 2 rings (SSSR count). The molecule has 0 aromatic heterocycles. The first-order chi connectivity index (χ1) is 6.91. The van der Waals surface area contributed by atoms with Crippen LogP contribution in [-0.2, 0) is 14.3 Å². The summed E-state index contributed by atoms with van der Waals surface area (Å²) in [6, 6.07) is 0. The number of allylic oxidation sites excluding steroid dienone is 2. The van der Waals surface area contributed by atoms with Crippen molar-refractivity contribution in [2.24, 2.45) is 0 Å². The Kier molecular flexibility index (Phi) is 2.19. The average molecular weight is 222 g/mol. The third kappa shape index (κ3) is 1.59. The first kappa shape index (κ1) is 10.4. The molecule has 0 aromatic rings. The molecule has 0 N–H and O–H groups in total. The second-order valence-corrected chi connectivity index (χ2v) is 10.4. The molecular formula is C11H14O3Si. The van der Waals surface area contributed by atoms with E-state index in [1.807, 2.05) is 6.08 Å². The summed E-state index contributed by atoms with van der Waals surface area (Å²) in [5.41, 5.74) is 1.33. The van der Waals surface area contributed by atoms with E-state index in [1.165, 1.54) is 0 Å². The number of ether oxygens (including phenoxy) is 1. The summed E-state index contributed by atoms with van der Waals surface area (Å²) in [7, 11) is -1.51. The Hall–Kier alpha value is -1.16. The molecule has 1 heterocycles. The summed E-state index contributed by atoms with van der Waals surface area (Å²) in [5.74, 6) is -0.866. The van der Waals surface area contributed by atoms with Crippen LogP contribution in [-0.4, -0.2) is 20.0 Å². The van der Waals surface area contributed by atoms with Crippen LogP contribution in [0.15, 0.2) is 23.3 Å². The van der Waals surface area contributed by atoms with E-state index in [2.05, 4.69) is 30.5 Å². The van der Waals surface area contributed by atoms with Crippen molar-refractivity contribution in [2.75, 3.05) is 0 Å². The summed E-state index contributed by atoms with van der Waals surface area (Å²) < 4.78 is 4.66. The summed E-state index contributed by atoms with van der Waals surface area (Å²) in [5, 5.41) is 0. The molecule has 0 amide bonds. The van der Waals surface area contributed by atoms with Gasteiger partial charge in [0.15, 0.2) is 0 Å². The highest BCUT2D eigenvalue weighted by molar-refractivity contribution is 6.79. The molecule has 4 heteroatoms. The quantitative estimate of drug-likeness (QED) is 0.295. The minimum atomic E-state index is -1.51. The fourth-order valence-electron chi connectivity index (χ4n) is 2.08. The van der Waals surface area contributed by atoms with Crippen LogP contribution >= 0.6 is 0 Å². The Labute approximate surface area is 89.8 Å². The fraction of sp³-hybridized carbons (Fsp3) is 0.455. The topological polar surface area (TPSA) is 43.4 Å². The second-order valence-electron chi connectivity index (χ2n) is 5.05. The lowest BCUT2D eigenvalue weighted by molar-refractivity contribution is -0.151. The average Bonchev–Trinajstić information content (AvgIpc) is 2.41. The second kappa shape index (κ2) is 3.17. The predicted octanol–water partition coefficient (Wildman–Crippen LogP) is 2.03. The Bertz CT molecular complexity index is 399. The lowest BCUT2D eigenvalue weighted by atomic mass is 9.98. The Morgan fingerprint density at radius 1 is 1.27 bits per heavy atom. The Morgan fingerprint density at radius 2 is 1.93 bits per heavy atom. The van der Waals surface area contributed by atoms with Crippen molar-refractivity contribution in [3.8, 4) is 0 Å². The number of carbonyl (C=O) groups excluding carboxylic acids is 2. The van der Waals surface area contributed by atoms with Crippen molar-refractivity contribution in [2.45, 2.75) is 31.6 Å². The normalized spacial score (nSPS) is 25.7. The molecule has 1 aliphatic heterocycles. The molecule has 0 fully saturated rings. The highest BCUT2D eigenvalue weighted by Crippen LogP contribution is 2.40. The van der Waals surface area contributed by atoms with Gasteiger partial charge in [0, 0.05) is 5.54 Å². The third-order valence-electron chi connectivity index (χ3n) is 2.87. The SMILES string of the molecule is C[Si](C)(C)C1C=CCC2=C1C(=O)OC2=O. The van der Waals surface area contributed by atoms with Crippen LogP contribution < -0.4 is 0 Å². The first-order valence-corrected chi connectivity index (χ1v) is 8.65. The van der Waals surface area contributed by atoms with E-state index in [0.29, 0.717) is 17.6 Å². The van der Waals surface area contributed by atoms with Crippen LogP contribution in [0.5, 0.6) is 0 Å². The maximum Gasteiger partial charge on any atom is 0.342 e. The van der Waals surface area contributed by atoms with Crippen molar-refractivity contribution < 1.29 is 14.3 Å². The van der Waals surface area contributed by atoms with Gasteiger partial charge >= 0.3 is 11.9 Å². The molecule has 3 nitrogen and oxygen atoms in total. The molecule has 0 saturated carbocycles. The third-order valence-corrected chi connectivity index (χ3v) is 5.22. The molecule has 0 radical (unpaired) electrons. The predicted molar refractivity (Wildman–Crippen MR) is 59.0 cm³/mol. The van der Waals surface area contributed by atoms with Gasteiger partial charge in [-0.05, 0) is 6.42 Å². The lowest BCUT2D eigenvalue weighted by Gasteiger charge is -2.28. The van der Waals surface area contributed by atoms with Gasteiger partial charge in [0.25, 0.3) is 0 Å². The van der Waals surface area contributed by atoms with Crippen LogP contribution in [0.25, 0.3) is 0 Å². The highest BCUT2D eigenvalue weighted by atomic mass is 28.3. The van der Waals surface area contributed by atoms with Crippen LogP contribution in [0.1, 0.15) is 6.42 Å². The number of hydrogen-bond donors (Lipinski definition) is 0. The van der Waals surface area contributed by atoms with E-state index in [4.69, 9.17) is 0 Å². The number of cyclic esters (lactones) is 2. The van der Waals surface area contributed by atoms with Gasteiger partial charge in [0.05, 0.1) is 19.2 Å². The van der Waals surface area contributed by atoms with Gasteiger partial charge in [-0.1, -0.05) is 31.8 Å². The van der Waals surface area contributed by atoms with Crippen molar-refractivity contribution in [1.82, 2.24) is 0 Å². The minimum Gasteiger partial charge on any atom is -0.386 e. The molecule has 0 aromatic carbocycles. The zero-order chi connectivity index (χ0) is 11.2. The number of esters is 2. The van der Waals surface area contributed by atoms with Crippen LogP contribution in [0.2, 0.25) is 25.2 Å². The maximum atomic E-state index is 11.6. The van der Waals surface area contributed by atoms with E-state index in [0.717, 1.165) is 0 Å². The van der Waals surface area contributed by atoms with Gasteiger partial charge in [0.2, 0.25) is 0 Å². The first-order valence-electron chi connectivity index (χ1n) is 5.07. The summed E-state index contributed by atoms with van der Waals surface area (Å²) >= 11 is 0. The molecule has 0 saturated heterocycles. The number of hydrogen-bond acceptors (Lipinski definition) is 3. The van der Waals surface area contributed by atoms with Gasteiger partial charge in [-0.3, -0.25) is 0 Å². The molecule has 15 heavy (non-hydrogen) atoms. The maximum absolute atomic E-state index is 11.6. The molecular weight excluding hydrogens is 208 g/mol. The van der Waals surface area contributed by atoms with Crippen molar-refractivity contribution in [1.29, 1.82) is 0 Å². The van der Waals surface area contributed by atoms with Crippen LogP contribution in [0.3, 0.4) is 0 Å². The van der Waals surface area contributed by atoms with Gasteiger partial charge in [0.1, 0.15) is 0 Å². The molecule has 1 atom stereocenters. The zero-order valence-corrected chi connectivity index (χ0v) is 10.2. The smallest absolute Gasteiger partial charge is 0.342 e. The summed E-state index contributed by atoms with van der Waals surface area (Å²) in [4.78, 5) is 22.9. The monoisotopic (exact) mass is 222 g/mol. The summed E-state index contributed by atoms with van der Waals surface area (Å²) in [6.45, 7) is 6.57. The van der Waals surface area contributed by atoms with Crippen molar-refractivity contribution in [3.63, 3.8) is 0 Å². The largest absolute Gasteiger partial charge is 0.386 e. The Morgan fingerprint density at radius 3 is 2.53 bits per heavy atom. The van der Waals surface area contributed by atoms with E-state index >= 15 is 0 Å². The number of carbonyl (C=O) groups is 2. The van der Waals surface area contributed by atoms with Crippen LogP contribution in [0.4, 0.5) is 0 Å². The summed E-state index contributed by atoms with van der Waals surface area (Å²) in [6.07, 6.45) is 4.58. The van der Waals surface area contributed by atoms with Gasteiger partial charge in [-0.15, -0.1) is 0 Å². The molecule has 2 aliphatic rings. The molecule has 1 aliphatic carbocycles. The van der Waals surface area contributed by atoms with E-state index < -0.39 is 20.0 Å². The van der Waals surface area contributed by atoms with Gasteiger partial charge < -0.3 is 4.74 Å². The molecule has 0 spiro atoms. The molecule has 80 valence electrons. The fourth-order valence-corrected chi connectivity index (χ4v) is 3.95. The standard InChI is InChI=1S/C11H14O3Si/c1-15(2,3)8-6-4-5-7-9(8)11(13)14-10(7)12/h4,6,8H,5H2,1-3H3. The van der Waals surface area contributed by atoms with E-state index in [9.17, 15) is 9.59 Å². The van der Waals surface area contributed by atoms with Crippen LogP contribution in [0, 0.1) is 0 Å². The zero-order valence-electron chi connectivity index (χ0n) is 9.16. The lowest BCUT2D eigenvalue weighted by Crippen LogP contribution is -2.31. The Balaban J connectivity index is 2.47. The molecule has 0 bridgehead atoms. The highest BCUT2D eigenvalue weighted by Gasteiger charge is 2.42. The number of rotatable bonds is 1. The van der Waals surface area contributed by atoms with E-state index in [1.54, 1.807) is 0 Å². The van der Waals surface area contributed by atoms with Crippen molar-refractivity contribution in [3.05, 3.63) is 23.3 Å². The van der Waals surface area contributed by atoms with E-state index in [-0.39, 0.29) is 5.54 Å².